The number of nitrogens with zero attached hydrogens (tertiary/aromatic N) is 3. The summed E-state index contributed by atoms with van der Waals surface area (Å²) in [6.07, 6.45) is 8.48. The highest BCUT2D eigenvalue weighted by Crippen LogP contribution is 2.63. The van der Waals surface area contributed by atoms with Gasteiger partial charge in [0.05, 0.1) is 17.4 Å². The molecule has 3 amide bonds. The van der Waals surface area contributed by atoms with Crippen LogP contribution in [0.3, 0.4) is 0 Å². The third kappa shape index (κ3) is 5.44. The van der Waals surface area contributed by atoms with Crippen molar-refractivity contribution < 1.29 is 24.2 Å². The fourth-order valence-electron chi connectivity index (χ4n) is 7.78. The molecule has 1 aromatic carbocycles. The number of aliphatic hydroxyl groups excluding tert-OH is 1. The molecular formula is C34H49N3O5. The number of fused-ring (bicyclic) bond motifs is 1. The number of hydrogen-bond donors (Lipinski definition) is 1. The number of likely N-dealkylation sites (tertiary alicyclic amines) is 1. The van der Waals surface area contributed by atoms with Crippen molar-refractivity contribution in [1.29, 1.82) is 0 Å². The molecule has 8 heteroatoms. The van der Waals surface area contributed by atoms with Crippen LogP contribution in [-0.4, -0.2) is 82.7 Å². The minimum Gasteiger partial charge on any atom is -0.396 e. The van der Waals surface area contributed by atoms with E-state index in [1.165, 1.54) is 0 Å². The van der Waals surface area contributed by atoms with Crippen LogP contribution in [-0.2, 0) is 19.1 Å². The van der Waals surface area contributed by atoms with Gasteiger partial charge in [-0.2, -0.15) is 0 Å². The molecule has 42 heavy (non-hydrogen) atoms. The van der Waals surface area contributed by atoms with E-state index in [1.807, 2.05) is 45.9 Å². The van der Waals surface area contributed by atoms with Crippen molar-refractivity contribution in [3.63, 3.8) is 0 Å². The molecule has 0 saturated carbocycles. The van der Waals surface area contributed by atoms with Crippen LogP contribution in [0.25, 0.3) is 0 Å². The van der Waals surface area contributed by atoms with Crippen LogP contribution in [0.4, 0.5) is 5.69 Å². The number of amides is 3. The summed E-state index contributed by atoms with van der Waals surface area (Å²) in [6.45, 7) is 17.5. The number of para-hydroxylation sites is 1. The van der Waals surface area contributed by atoms with Crippen LogP contribution in [0.2, 0.25) is 0 Å². The average Bonchev–Trinajstić information content (AvgIpc) is 3.52. The van der Waals surface area contributed by atoms with Crippen molar-refractivity contribution >= 4 is 23.4 Å². The Bertz CT molecular complexity index is 1180. The van der Waals surface area contributed by atoms with Crippen molar-refractivity contribution in [2.24, 2.45) is 11.8 Å². The number of carbonyl (C=O) groups excluding carboxylic acids is 3. The summed E-state index contributed by atoms with van der Waals surface area (Å²) in [5.74, 6) is -1.82. The molecule has 0 aromatic heterocycles. The quantitative estimate of drug-likeness (QED) is 0.243. The predicted octanol–water partition coefficient (Wildman–Crippen LogP) is 4.56. The summed E-state index contributed by atoms with van der Waals surface area (Å²) >= 11 is 0. The van der Waals surface area contributed by atoms with Gasteiger partial charge >= 0.3 is 0 Å². The summed E-state index contributed by atoms with van der Waals surface area (Å²) < 4.78 is 6.87. The monoisotopic (exact) mass is 579 g/mol. The molecule has 0 aliphatic carbocycles. The first-order valence-electron chi connectivity index (χ1n) is 15.6. The number of hydrogen-bond acceptors (Lipinski definition) is 5. The van der Waals surface area contributed by atoms with Gasteiger partial charge in [0.1, 0.15) is 11.6 Å². The van der Waals surface area contributed by atoms with Gasteiger partial charge in [0.25, 0.3) is 5.91 Å². The van der Waals surface area contributed by atoms with Crippen molar-refractivity contribution in [3.8, 4) is 0 Å². The topological polar surface area (TPSA) is 90.4 Å². The molecule has 1 N–H and O–H groups in total. The lowest BCUT2D eigenvalue weighted by Gasteiger charge is -2.37. The molecule has 4 rings (SSSR count). The SMILES string of the molecule is C=CCN(CCC)C(=O)[C@@H]1[C@H]2C(=O)N(CCCCCCO)C(C(=O)N(CC=C)c3c(C)cccc3C)C23CC[C@@]1(C)O3. The summed E-state index contributed by atoms with van der Waals surface area (Å²) in [5, 5.41) is 9.22. The molecule has 3 saturated heterocycles. The largest absolute Gasteiger partial charge is 0.396 e. The first-order valence-corrected chi connectivity index (χ1v) is 15.6. The van der Waals surface area contributed by atoms with E-state index in [0.29, 0.717) is 51.9 Å². The third-order valence-electron chi connectivity index (χ3n) is 9.53. The molecule has 5 atom stereocenters. The van der Waals surface area contributed by atoms with Gasteiger partial charge in [-0.25, -0.2) is 0 Å². The first kappa shape index (κ1) is 32.0. The Hall–Kier alpha value is -2.97. The van der Waals surface area contributed by atoms with E-state index in [0.717, 1.165) is 36.1 Å². The van der Waals surface area contributed by atoms with Crippen LogP contribution < -0.4 is 4.90 Å². The fourth-order valence-corrected chi connectivity index (χ4v) is 7.78. The lowest BCUT2D eigenvalue weighted by Crippen LogP contribution is -2.57. The zero-order valence-electron chi connectivity index (χ0n) is 25.9. The third-order valence-corrected chi connectivity index (χ3v) is 9.53. The number of ether oxygens (including phenoxy) is 1. The molecule has 3 fully saturated rings. The van der Waals surface area contributed by atoms with Crippen LogP contribution in [0.15, 0.2) is 43.5 Å². The Kier molecular flexibility index (Phi) is 9.99. The highest BCUT2D eigenvalue weighted by molar-refractivity contribution is 6.05. The van der Waals surface area contributed by atoms with Crippen LogP contribution in [0.5, 0.6) is 0 Å². The fraction of sp³-hybridized carbons (Fsp3) is 0.618. The van der Waals surface area contributed by atoms with Gasteiger partial charge in [0, 0.05) is 38.5 Å². The maximum absolute atomic E-state index is 14.8. The van der Waals surface area contributed by atoms with Crippen LogP contribution in [0.1, 0.15) is 69.9 Å². The Morgan fingerprint density at radius 3 is 2.36 bits per heavy atom. The molecule has 2 unspecified atom stereocenters. The molecule has 2 bridgehead atoms. The zero-order chi connectivity index (χ0) is 30.7. The molecular weight excluding hydrogens is 530 g/mol. The van der Waals surface area contributed by atoms with Gasteiger partial charge in [-0.1, -0.05) is 50.1 Å². The highest BCUT2D eigenvalue weighted by atomic mass is 16.5. The number of aliphatic hydroxyl groups is 1. The highest BCUT2D eigenvalue weighted by Gasteiger charge is 2.78. The lowest BCUT2D eigenvalue weighted by atomic mass is 9.66. The van der Waals surface area contributed by atoms with Gasteiger partial charge in [0.2, 0.25) is 11.8 Å². The van der Waals surface area contributed by atoms with E-state index in [1.54, 1.807) is 26.9 Å². The Morgan fingerprint density at radius 1 is 1.07 bits per heavy atom. The first-order chi connectivity index (χ1) is 20.1. The number of aryl methyl sites for hydroxylation is 2. The summed E-state index contributed by atoms with van der Waals surface area (Å²) in [5.41, 5.74) is 0.865. The molecule has 1 spiro atoms. The Morgan fingerprint density at radius 2 is 1.74 bits per heavy atom. The van der Waals surface area contributed by atoms with Crippen molar-refractivity contribution in [3.05, 3.63) is 54.6 Å². The molecule has 0 radical (unpaired) electrons. The molecule has 3 heterocycles. The van der Waals surface area contributed by atoms with Crippen molar-refractivity contribution in [2.45, 2.75) is 89.9 Å². The lowest BCUT2D eigenvalue weighted by molar-refractivity contribution is -0.149. The Labute approximate surface area is 251 Å². The van der Waals surface area contributed by atoms with E-state index in [2.05, 4.69) is 13.2 Å². The predicted molar refractivity (Wildman–Crippen MR) is 165 cm³/mol. The standard InChI is InChI=1S/C34H49N3O5/c1-7-19-35(20-8-2)30(39)26-27-31(40)37(22-12-10-11-13-23-38)29(34(27)18-17-33(26,6)42-34)32(41)36(21-9-3)28-24(4)15-14-16-25(28)5/h7,9,14-16,26-27,29,38H,1,3,8,10-13,17-23H2,2,4-6H3/t26-,27-,29?,33+,34?/m0/s1. The Balaban J connectivity index is 1.78. The van der Waals surface area contributed by atoms with E-state index in [-0.39, 0.29) is 24.3 Å². The second-order valence-corrected chi connectivity index (χ2v) is 12.4. The summed E-state index contributed by atoms with van der Waals surface area (Å²) in [4.78, 5) is 48.7. The van der Waals surface area contributed by atoms with Crippen molar-refractivity contribution in [2.75, 3.05) is 37.7 Å². The van der Waals surface area contributed by atoms with Gasteiger partial charge in [-0.15, -0.1) is 13.2 Å². The normalized spacial score (nSPS) is 27.7. The minimum atomic E-state index is -1.07. The number of unbranched alkanes of at least 4 members (excludes halogenated alkanes) is 3. The van der Waals surface area contributed by atoms with E-state index in [9.17, 15) is 19.5 Å². The van der Waals surface area contributed by atoms with E-state index >= 15 is 0 Å². The molecule has 3 aliphatic heterocycles. The van der Waals surface area contributed by atoms with E-state index < -0.39 is 29.1 Å². The number of carbonyl (C=O) groups is 3. The van der Waals surface area contributed by atoms with E-state index in [4.69, 9.17) is 4.74 Å². The number of anilines is 1. The smallest absolute Gasteiger partial charge is 0.253 e. The van der Waals surface area contributed by atoms with Crippen LogP contribution in [0, 0.1) is 25.7 Å². The van der Waals surface area contributed by atoms with Gasteiger partial charge in [-0.3, -0.25) is 14.4 Å². The van der Waals surface area contributed by atoms with Gasteiger partial charge < -0.3 is 24.5 Å². The summed E-state index contributed by atoms with van der Waals surface area (Å²) in [6, 6.07) is 5.11. The molecule has 230 valence electrons. The second kappa shape index (κ2) is 13.1. The maximum Gasteiger partial charge on any atom is 0.253 e. The minimum absolute atomic E-state index is 0.0899. The molecule has 8 nitrogen and oxygen atoms in total. The number of rotatable bonds is 15. The number of benzene rings is 1. The van der Waals surface area contributed by atoms with Gasteiger partial charge in [-0.05, 0) is 64.0 Å². The van der Waals surface area contributed by atoms with Gasteiger partial charge in [0.15, 0.2) is 0 Å². The average molecular weight is 580 g/mol. The molecule has 1 aromatic rings. The molecule has 3 aliphatic rings. The zero-order valence-corrected chi connectivity index (χ0v) is 25.9. The summed E-state index contributed by atoms with van der Waals surface area (Å²) in [7, 11) is 0. The van der Waals surface area contributed by atoms with Crippen molar-refractivity contribution in [1.82, 2.24) is 9.80 Å². The van der Waals surface area contributed by atoms with Crippen LogP contribution >= 0.6 is 0 Å². The second-order valence-electron chi connectivity index (χ2n) is 12.4. The maximum atomic E-state index is 14.8.